The van der Waals surface area contributed by atoms with E-state index in [4.69, 9.17) is 10.8 Å². The van der Waals surface area contributed by atoms with Gasteiger partial charge in [-0.05, 0) is 44.4 Å². The number of nitrogens with two attached hydrogens (primary N) is 1. The first-order valence-corrected chi connectivity index (χ1v) is 5.27. The van der Waals surface area contributed by atoms with E-state index in [0.29, 0.717) is 12.0 Å². The van der Waals surface area contributed by atoms with Gasteiger partial charge in [0.15, 0.2) is 0 Å². The topological polar surface area (TPSA) is 46.2 Å². The van der Waals surface area contributed by atoms with E-state index in [-0.39, 0.29) is 6.61 Å². The average Bonchev–Trinajstić information content (AvgIpc) is 2.15. The Kier molecular flexibility index (Phi) is 4.46. The highest BCUT2D eigenvalue weighted by Gasteiger charge is 2.21. The minimum absolute atomic E-state index is 0.174. The Morgan fingerprint density at radius 2 is 2.00 bits per heavy atom. The molecular formula is C11H21NO. The van der Waals surface area contributed by atoms with Gasteiger partial charge in [0.25, 0.3) is 0 Å². The van der Waals surface area contributed by atoms with Crippen LogP contribution >= 0.6 is 0 Å². The van der Waals surface area contributed by atoms with E-state index in [0.717, 1.165) is 5.92 Å². The van der Waals surface area contributed by atoms with E-state index in [2.05, 4.69) is 13.0 Å². The minimum atomic E-state index is 0.174. The fourth-order valence-electron chi connectivity index (χ4n) is 2.12. The third kappa shape index (κ3) is 3.49. The van der Waals surface area contributed by atoms with Gasteiger partial charge in [0.2, 0.25) is 0 Å². The van der Waals surface area contributed by atoms with E-state index in [9.17, 15) is 0 Å². The SMILES string of the molecule is CC(N)C1CCC(/C=C/CO)CC1. The number of hydrogen-bond acceptors (Lipinski definition) is 2. The number of aliphatic hydroxyl groups is 1. The predicted molar refractivity (Wildman–Crippen MR) is 55.3 cm³/mol. The second-order valence-electron chi connectivity index (χ2n) is 4.14. The second-order valence-corrected chi connectivity index (χ2v) is 4.14. The summed E-state index contributed by atoms with van der Waals surface area (Å²) in [7, 11) is 0. The summed E-state index contributed by atoms with van der Waals surface area (Å²) in [6, 6.07) is 0.350. The molecule has 0 saturated heterocycles. The highest BCUT2D eigenvalue weighted by atomic mass is 16.2. The zero-order valence-corrected chi connectivity index (χ0v) is 8.45. The molecular weight excluding hydrogens is 162 g/mol. The average molecular weight is 183 g/mol. The van der Waals surface area contributed by atoms with Crippen molar-refractivity contribution in [3.05, 3.63) is 12.2 Å². The van der Waals surface area contributed by atoms with Crippen LogP contribution in [0.1, 0.15) is 32.6 Å². The summed E-state index contributed by atoms with van der Waals surface area (Å²) in [5.74, 6) is 1.40. The normalized spacial score (nSPS) is 32.2. The van der Waals surface area contributed by atoms with Crippen molar-refractivity contribution in [1.29, 1.82) is 0 Å². The van der Waals surface area contributed by atoms with Crippen LogP contribution in [-0.4, -0.2) is 17.8 Å². The molecule has 1 aliphatic carbocycles. The molecule has 0 aromatic heterocycles. The molecule has 0 bridgehead atoms. The van der Waals surface area contributed by atoms with Crippen LogP contribution in [0.4, 0.5) is 0 Å². The van der Waals surface area contributed by atoms with E-state index in [1.807, 2.05) is 6.08 Å². The summed E-state index contributed by atoms with van der Waals surface area (Å²) in [6.45, 7) is 2.28. The van der Waals surface area contributed by atoms with Crippen LogP contribution in [0.3, 0.4) is 0 Å². The minimum Gasteiger partial charge on any atom is -0.392 e. The Morgan fingerprint density at radius 1 is 1.38 bits per heavy atom. The van der Waals surface area contributed by atoms with Gasteiger partial charge in [-0.1, -0.05) is 12.2 Å². The molecule has 2 heteroatoms. The maximum absolute atomic E-state index is 8.63. The smallest absolute Gasteiger partial charge is 0.0612 e. The van der Waals surface area contributed by atoms with Crippen LogP contribution in [0.5, 0.6) is 0 Å². The van der Waals surface area contributed by atoms with Crippen LogP contribution in [0.15, 0.2) is 12.2 Å². The quantitative estimate of drug-likeness (QED) is 0.654. The van der Waals surface area contributed by atoms with E-state index in [1.165, 1.54) is 25.7 Å². The molecule has 0 aromatic rings. The summed E-state index contributed by atoms with van der Waals surface area (Å²) >= 11 is 0. The second kappa shape index (κ2) is 5.40. The molecule has 0 aliphatic heterocycles. The van der Waals surface area contributed by atoms with Gasteiger partial charge < -0.3 is 10.8 Å². The molecule has 1 atom stereocenters. The molecule has 0 amide bonds. The van der Waals surface area contributed by atoms with Crippen molar-refractivity contribution in [2.75, 3.05) is 6.61 Å². The van der Waals surface area contributed by atoms with Crippen molar-refractivity contribution in [2.45, 2.75) is 38.6 Å². The molecule has 1 rings (SSSR count). The van der Waals surface area contributed by atoms with Gasteiger partial charge in [-0.25, -0.2) is 0 Å². The van der Waals surface area contributed by atoms with Gasteiger partial charge >= 0.3 is 0 Å². The zero-order valence-electron chi connectivity index (χ0n) is 8.45. The summed E-state index contributed by atoms with van der Waals surface area (Å²) in [5.41, 5.74) is 5.85. The Bertz CT molecular complexity index is 157. The fourth-order valence-corrected chi connectivity index (χ4v) is 2.12. The highest BCUT2D eigenvalue weighted by molar-refractivity contribution is 4.91. The maximum atomic E-state index is 8.63. The van der Waals surface area contributed by atoms with Crippen LogP contribution in [-0.2, 0) is 0 Å². The lowest BCUT2D eigenvalue weighted by Crippen LogP contribution is -2.29. The van der Waals surface area contributed by atoms with Crippen LogP contribution in [0, 0.1) is 11.8 Å². The van der Waals surface area contributed by atoms with Crippen LogP contribution in [0.25, 0.3) is 0 Å². The lowest BCUT2D eigenvalue weighted by atomic mass is 9.79. The molecule has 1 unspecified atom stereocenters. The molecule has 0 heterocycles. The van der Waals surface area contributed by atoms with Crippen molar-refractivity contribution in [3.8, 4) is 0 Å². The number of rotatable bonds is 3. The van der Waals surface area contributed by atoms with Gasteiger partial charge in [0.1, 0.15) is 0 Å². The Balaban J connectivity index is 2.26. The Labute approximate surface area is 80.8 Å². The van der Waals surface area contributed by atoms with E-state index < -0.39 is 0 Å². The van der Waals surface area contributed by atoms with E-state index in [1.54, 1.807) is 0 Å². The number of allylic oxidation sites excluding steroid dienone is 1. The summed E-state index contributed by atoms with van der Waals surface area (Å²) in [6.07, 6.45) is 8.98. The van der Waals surface area contributed by atoms with Crippen molar-refractivity contribution in [3.63, 3.8) is 0 Å². The number of hydrogen-bond donors (Lipinski definition) is 2. The third-order valence-corrected chi connectivity index (χ3v) is 3.07. The third-order valence-electron chi connectivity index (χ3n) is 3.07. The molecule has 1 aliphatic rings. The first-order chi connectivity index (χ1) is 6.24. The van der Waals surface area contributed by atoms with Gasteiger partial charge in [-0.3, -0.25) is 0 Å². The molecule has 1 fully saturated rings. The largest absolute Gasteiger partial charge is 0.392 e. The van der Waals surface area contributed by atoms with Crippen LogP contribution in [0.2, 0.25) is 0 Å². The van der Waals surface area contributed by atoms with Gasteiger partial charge in [0, 0.05) is 6.04 Å². The molecule has 76 valence electrons. The van der Waals surface area contributed by atoms with Crippen LogP contribution < -0.4 is 5.73 Å². The summed E-state index contributed by atoms with van der Waals surface area (Å²) in [4.78, 5) is 0. The first-order valence-electron chi connectivity index (χ1n) is 5.27. The summed E-state index contributed by atoms with van der Waals surface area (Å²) in [5, 5.41) is 8.63. The molecule has 3 N–H and O–H groups in total. The standard InChI is InChI=1S/C11H21NO/c1-9(12)11-6-4-10(5-7-11)3-2-8-13/h2-3,9-11,13H,4-8,12H2,1H3/b3-2+. The van der Waals surface area contributed by atoms with Crippen molar-refractivity contribution >= 4 is 0 Å². The van der Waals surface area contributed by atoms with Crippen molar-refractivity contribution in [2.24, 2.45) is 17.6 Å². The van der Waals surface area contributed by atoms with Gasteiger partial charge in [0.05, 0.1) is 6.61 Å². The fraction of sp³-hybridized carbons (Fsp3) is 0.818. The highest BCUT2D eigenvalue weighted by Crippen LogP contribution is 2.30. The van der Waals surface area contributed by atoms with E-state index >= 15 is 0 Å². The number of aliphatic hydroxyl groups excluding tert-OH is 1. The summed E-state index contributed by atoms with van der Waals surface area (Å²) < 4.78 is 0. The molecule has 13 heavy (non-hydrogen) atoms. The van der Waals surface area contributed by atoms with Gasteiger partial charge in [-0.15, -0.1) is 0 Å². The Morgan fingerprint density at radius 3 is 2.46 bits per heavy atom. The molecule has 1 saturated carbocycles. The monoisotopic (exact) mass is 183 g/mol. The molecule has 0 radical (unpaired) electrons. The predicted octanol–water partition coefficient (Wildman–Crippen LogP) is 1.69. The van der Waals surface area contributed by atoms with Crippen molar-refractivity contribution < 1.29 is 5.11 Å². The maximum Gasteiger partial charge on any atom is 0.0612 e. The first kappa shape index (κ1) is 10.7. The lowest BCUT2D eigenvalue weighted by molar-refractivity contribution is 0.277. The molecule has 2 nitrogen and oxygen atoms in total. The zero-order chi connectivity index (χ0) is 9.68. The molecule has 0 spiro atoms. The lowest BCUT2D eigenvalue weighted by Gasteiger charge is -2.29. The van der Waals surface area contributed by atoms with Gasteiger partial charge in [-0.2, -0.15) is 0 Å². The Hall–Kier alpha value is -0.340. The molecule has 0 aromatic carbocycles. The van der Waals surface area contributed by atoms with Crippen molar-refractivity contribution in [1.82, 2.24) is 0 Å².